The molecule has 0 aromatic carbocycles. The third-order valence-corrected chi connectivity index (χ3v) is 5.81. The van der Waals surface area contributed by atoms with Crippen molar-refractivity contribution in [3.8, 4) is 0 Å². The molecule has 5 N–H and O–H groups in total. The Kier molecular flexibility index (Phi) is 46.3. The predicted octanol–water partition coefficient (Wildman–Crippen LogP) is 2.64. The first-order valence-corrected chi connectivity index (χ1v) is 17.4. The van der Waals surface area contributed by atoms with Gasteiger partial charge in [0, 0.05) is 66.8 Å². The maximum Gasteiger partial charge on any atom is 0.330 e. The Morgan fingerprint density at radius 3 is 0.485 bits per heavy atom. The van der Waals surface area contributed by atoms with Gasteiger partial charge in [-0.15, -0.1) is 0 Å². The highest BCUT2D eigenvalue weighted by Gasteiger charge is 2.40. The standard InChI is InChI=1S/C28H34O13.5C3H4O2/c1-7-21(29)36-15-27(16-37-22(30)8-2,17-38-23(31)9-3)13-35-14-28(18-39-24(32)10-4,19-40-25(33)11-5)20-41-26(34)12-6;5*1-2-3(4)5/h7-12H,1-6,13-20H2;5*2H,1H2,(H,4,5). The highest BCUT2D eigenvalue weighted by atomic mass is 16.6. The van der Waals surface area contributed by atoms with E-state index in [1.54, 1.807) is 0 Å². The number of hydrogen-bond acceptors (Lipinski definition) is 18. The van der Waals surface area contributed by atoms with Crippen molar-refractivity contribution >= 4 is 65.7 Å². The van der Waals surface area contributed by atoms with Crippen molar-refractivity contribution in [1.29, 1.82) is 0 Å². The fraction of sp³-hybridized carbons (Fsp3) is 0.233. The van der Waals surface area contributed by atoms with Crippen molar-refractivity contribution in [2.45, 2.75) is 0 Å². The zero-order valence-electron chi connectivity index (χ0n) is 35.9. The number of ether oxygens (including phenoxy) is 7. The minimum Gasteiger partial charge on any atom is -0.478 e. The van der Waals surface area contributed by atoms with Crippen LogP contribution in [0.25, 0.3) is 0 Å². The largest absolute Gasteiger partial charge is 0.478 e. The summed E-state index contributed by atoms with van der Waals surface area (Å²) in [7, 11) is 0. The van der Waals surface area contributed by atoms with Crippen LogP contribution >= 0.6 is 0 Å². The molecule has 0 aliphatic rings. The maximum absolute atomic E-state index is 11.8. The monoisotopic (exact) mass is 938 g/mol. The van der Waals surface area contributed by atoms with Gasteiger partial charge in [0.15, 0.2) is 0 Å². The fourth-order valence-electron chi connectivity index (χ4n) is 2.68. The van der Waals surface area contributed by atoms with E-state index in [2.05, 4.69) is 72.4 Å². The lowest BCUT2D eigenvalue weighted by molar-refractivity contribution is -0.170. The van der Waals surface area contributed by atoms with Crippen LogP contribution in [0.1, 0.15) is 0 Å². The number of carbonyl (C=O) groups excluding carboxylic acids is 6. The maximum atomic E-state index is 11.8. The summed E-state index contributed by atoms with van der Waals surface area (Å²) in [5, 5.41) is 38.0. The number of hydrogen-bond donors (Lipinski definition) is 5. The van der Waals surface area contributed by atoms with E-state index in [4.69, 9.17) is 58.7 Å². The molecule has 0 unspecified atom stereocenters. The summed E-state index contributed by atoms with van der Waals surface area (Å²) in [5.74, 6) is -9.92. The van der Waals surface area contributed by atoms with E-state index >= 15 is 0 Å². The van der Waals surface area contributed by atoms with Crippen molar-refractivity contribution in [2.75, 3.05) is 52.9 Å². The van der Waals surface area contributed by atoms with Crippen LogP contribution in [-0.4, -0.2) is 144 Å². The van der Waals surface area contributed by atoms with Crippen LogP contribution in [0.5, 0.6) is 0 Å². The van der Waals surface area contributed by atoms with E-state index in [1.807, 2.05) is 0 Å². The van der Waals surface area contributed by atoms with Gasteiger partial charge >= 0.3 is 65.7 Å². The van der Waals surface area contributed by atoms with Gasteiger partial charge in [-0.1, -0.05) is 72.4 Å². The van der Waals surface area contributed by atoms with Crippen LogP contribution in [0.4, 0.5) is 0 Å². The summed E-state index contributed by atoms with van der Waals surface area (Å²) >= 11 is 0. The van der Waals surface area contributed by atoms with Gasteiger partial charge in [-0.2, -0.15) is 0 Å². The molecule has 0 saturated heterocycles. The molecule has 0 atom stereocenters. The quantitative estimate of drug-likeness (QED) is 0.0449. The second-order valence-electron chi connectivity index (χ2n) is 11.1. The average Bonchev–Trinajstić information content (AvgIpc) is 3.31. The second-order valence-corrected chi connectivity index (χ2v) is 11.1. The van der Waals surface area contributed by atoms with Crippen LogP contribution < -0.4 is 0 Å². The lowest BCUT2D eigenvalue weighted by Crippen LogP contribution is -2.47. The Balaban J connectivity index is -0.000000289. The first-order valence-electron chi connectivity index (χ1n) is 17.4. The van der Waals surface area contributed by atoms with Crippen LogP contribution in [0.2, 0.25) is 0 Å². The van der Waals surface area contributed by atoms with Crippen LogP contribution in [-0.2, 0) is 85.9 Å². The molecule has 0 saturated carbocycles. The summed E-state index contributed by atoms with van der Waals surface area (Å²) in [6.45, 7) is 30.9. The van der Waals surface area contributed by atoms with E-state index in [1.165, 1.54) is 0 Å². The van der Waals surface area contributed by atoms with Gasteiger partial charge in [-0.05, 0) is 0 Å². The highest BCUT2D eigenvalue weighted by molar-refractivity contribution is 5.84. The summed E-state index contributed by atoms with van der Waals surface area (Å²) in [6.07, 6.45) is 9.49. The summed E-state index contributed by atoms with van der Waals surface area (Å²) in [4.78, 5) is 117. The van der Waals surface area contributed by atoms with E-state index < -0.39 is 129 Å². The molecular formula is C43H54O23. The smallest absolute Gasteiger partial charge is 0.330 e. The van der Waals surface area contributed by atoms with Crippen LogP contribution in [0, 0.1) is 10.8 Å². The molecule has 0 aliphatic carbocycles. The van der Waals surface area contributed by atoms with Gasteiger partial charge in [0.25, 0.3) is 0 Å². The minimum absolute atomic E-state index is 0.422. The molecule has 23 nitrogen and oxygen atoms in total. The van der Waals surface area contributed by atoms with E-state index in [0.29, 0.717) is 0 Å². The number of rotatable bonds is 27. The van der Waals surface area contributed by atoms with E-state index in [-0.39, 0.29) is 0 Å². The number of carboxylic acid groups (broad SMARTS) is 5. The molecule has 364 valence electrons. The van der Waals surface area contributed by atoms with Crippen molar-refractivity contribution in [3.05, 3.63) is 139 Å². The molecule has 0 heterocycles. The van der Waals surface area contributed by atoms with Crippen molar-refractivity contribution in [3.63, 3.8) is 0 Å². The first kappa shape index (κ1) is 69.0. The molecule has 0 aromatic heterocycles. The van der Waals surface area contributed by atoms with E-state index in [9.17, 15) is 52.7 Å². The number of carboxylic acids is 5. The molecule has 0 bridgehead atoms. The zero-order chi connectivity index (χ0) is 52.7. The number of aliphatic carboxylic acids is 5. The third kappa shape index (κ3) is 49.6. The SMILES string of the molecule is C=CC(=O)O.C=CC(=O)O.C=CC(=O)O.C=CC(=O)O.C=CC(=O)O.C=CC(=O)OCC(COCC(COC(=O)C=C)(COC(=O)C=C)COC(=O)C=C)(COC(=O)C=C)COC(=O)C=C. The van der Waals surface area contributed by atoms with Crippen molar-refractivity contribution in [2.24, 2.45) is 10.8 Å². The molecule has 0 aliphatic heterocycles. The topological polar surface area (TPSA) is 354 Å². The number of esters is 6. The van der Waals surface area contributed by atoms with Gasteiger partial charge in [-0.3, -0.25) is 0 Å². The molecule has 0 radical (unpaired) electrons. The molecule has 66 heavy (non-hydrogen) atoms. The van der Waals surface area contributed by atoms with Gasteiger partial charge < -0.3 is 58.7 Å². The van der Waals surface area contributed by atoms with Crippen LogP contribution in [0.15, 0.2) is 139 Å². The third-order valence-electron chi connectivity index (χ3n) is 5.81. The lowest BCUT2D eigenvalue weighted by Gasteiger charge is -2.35. The molecule has 0 fully saturated rings. The molecule has 0 spiro atoms. The molecular weight excluding hydrogens is 884 g/mol. The lowest BCUT2D eigenvalue weighted by atomic mass is 9.90. The Hall–Kier alpha value is -8.73. The highest BCUT2D eigenvalue weighted by Crippen LogP contribution is 2.26. The van der Waals surface area contributed by atoms with Gasteiger partial charge in [0.2, 0.25) is 0 Å². The molecule has 0 aromatic rings. The molecule has 0 rings (SSSR count). The van der Waals surface area contributed by atoms with Gasteiger partial charge in [0.1, 0.15) is 39.6 Å². The minimum atomic E-state index is -1.49. The molecule has 23 heteroatoms. The van der Waals surface area contributed by atoms with E-state index in [0.717, 1.165) is 66.8 Å². The summed E-state index contributed by atoms with van der Waals surface area (Å²) in [5.41, 5.74) is -2.98. The Morgan fingerprint density at radius 2 is 0.394 bits per heavy atom. The number of carbonyl (C=O) groups is 11. The molecule has 0 amide bonds. The van der Waals surface area contributed by atoms with Crippen molar-refractivity contribution < 1.29 is 111 Å². The Morgan fingerprint density at radius 1 is 0.273 bits per heavy atom. The van der Waals surface area contributed by atoms with Crippen molar-refractivity contribution in [1.82, 2.24) is 0 Å². The predicted molar refractivity (Wildman–Crippen MR) is 232 cm³/mol. The summed E-state index contributed by atoms with van der Waals surface area (Å²) in [6, 6.07) is 0. The summed E-state index contributed by atoms with van der Waals surface area (Å²) < 4.78 is 36.7. The normalized spacial score (nSPS) is 8.97. The second kappa shape index (κ2) is 44.3. The van der Waals surface area contributed by atoms with Crippen LogP contribution in [0.3, 0.4) is 0 Å². The average molecular weight is 939 g/mol. The van der Waals surface area contributed by atoms with Gasteiger partial charge in [-0.25, -0.2) is 52.7 Å². The Bertz CT molecular complexity index is 1450. The zero-order valence-corrected chi connectivity index (χ0v) is 35.9. The first-order chi connectivity index (χ1) is 30.8. The fourth-order valence-corrected chi connectivity index (χ4v) is 2.68. The Labute approximate surface area is 379 Å². The van der Waals surface area contributed by atoms with Gasteiger partial charge in [0.05, 0.1) is 24.0 Å².